The van der Waals surface area contributed by atoms with Crippen molar-refractivity contribution in [3.8, 4) is 11.4 Å². The Hall–Kier alpha value is -2.01. The lowest BCUT2D eigenvalue weighted by atomic mass is 10.2. The quantitative estimate of drug-likeness (QED) is 0.765. The van der Waals surface area contributed by atoms with Gasteiger partial charge in [0.05, 0.1) is 27.8 Å². The summed E-state index contributed by atoms with van der Waals surface area (Å²) in [5.41, 5.74) is 9.28. The molecule has 0 amide bonds. The third-order valence-electron chi connectivity index (χ3n) is 2.80. The Bertz CT molecular complexity index is 705. The fourth-order valence-corrected chi connectivity index (χ4v) is 2.60. The highest BCUT2D eigenvalue weighted by atomic mass is 32.1. The van der Waals surface area contributed by atoms with Crippen molar-refractivity contribution in [3.63, 3.8) is 0 Å². The van der Waals surface area contributed by atoms with Gasteiger partial charge in [0.1, 0.15) is 0 Å². The number of fused-ring (bicyclic) bond motifs is 1. The van der Waals surface area contributed by atoms with Gasteiger partial charge >= 0.3 is 0 Å². The van der Waals surface area contributed by atoms with E-state index in [9.17, 15) is 0 Å². The monoisotopic (exact) mass is 256 g/mol. The zero-order chi connectivity index (χ0) is 12.5. The minimum atomic E-state index is 0.645. The molecule has 90 valence electrons. The normalized spacial score (nSPS) is 10.9. The lowest BCUT2D eigenvalue weighted by Crippen LogP contribution is -2.00. The van der Waals surface area contributed by atoms with E-state index >= 15 is 0 Å². The molecule has 3 rings (SSSR count). The van der Waals surface area contributed by atoms with Crippen molar-refractivity contribution < 1.29 is 0 Å². The van der Waals surface area contributed by atoms with Crippen LogP contribution >= 0.6 is 11.3 Å². The van der Waals surface area contributed by atoms with Gasteiger partial charge in [-0.05, 0) is 23.9 Å². The van der Waals surface area contributed by atoms with E-state index in [4.69, 9.17) is 5.73 Å². The topological polar surface area (TPSA) is 64.7 Å². The number of pyridine rings is 1. The maximum absolute atomic E-state index is 5.81. The van der Waals surface area contributed by atoms with Crippen LogP contribution < -0.4 is 5.73 Å². The summed E-state index contributed by atoms with van der Waals surface area (Å²) >= 11 is 1.67. The van der Waals surface area contributed by atoms with Gasteiger partial charge in [-0.15, -0.1) is 11.3 Å². The first-order chi connectivity index (χ1) is 8.78. The summed E-state index contributed by atoms with van der Waals surface area (Å²) in [5, 5.41) is 2.03. The van der Waals surface area contributed by atoms with Gasteiger partial charge in [0.2, 0.25) is 0 Å². The lowest BCUT2D eigenvalue weighted by Gasteiger charge is -2.04. The molecule has 0 aliphatic carbocycles. The Morgan fingerprint density at radius 3 is 3.00 bits per heavy atom. The summed E-state index contributed by atoms with van der Waals surface area (Å²) in [4.78, 5) is 13.2. The van der Waals surface area contributed by atoms with Crippen molar-refractivity contribution in [1.29, 1.82) is 0 Å². The van der Waals surface area contributed by atoms with Crippen LogP contribution in [0.3, 0.4) is 0 Å². The van der Waals surface area contributed by atoms with Gasteiger partial charge in [-0.1, -0.05) is 6.92 Å². The van der Waals surface area contributed by atoms with E-state index in [-0.39, 0.29) is 0 Å². The molecule has 0 atom stereocenters. The molecule has 0 aromatic carbocycles. The van der Waals surface area contributed by atoms with E-state index in [0.29, 0.717) is 11.5 Å². The van der Waals surface area contributed by atoms with Crippen LogP contribution in [0.5, 0.6) is 0 Å². The molecule has 0 saturated carbocycles. The Kier molecular flexibility index (Phi) is 2.68. The number of hydrogen-bond acceptors (Lipinski definition) is 5. The molecular formula is C13H12N4S. The molecule has 0 aliphatic rings. The van der Waals surface area contributed by atoms with Crippen LogP contribution in [0.2, 0.25) is 0 Å². The van der Waals surface area contributed by atoms with Crippen LogP contribution in [-0.4, -0.2) is 15.0 Å². The highest BCUT2D eigenvalue weighted by molar-refractivity contribution is 7.17. The number of aromatic nitrogens is 3. The SMILES string of the molecule is CCc1nc(-c2cnc3ccsc3c2)ncc1N. The summed E-state index contributed by atoms with van der Waals surface area (Å²) in [6, 6.07) is 4.07. The third-order valence-corrected chi connectivity index (χ3v) is 3.65. The van der Waals surface area contributed by atoms with Gasteiger partial charge in [-0.3, -0.25) is 4.98 Å². The lowest BCUT2D eigenvalue weighted by molar-refractivity contribution is 1.01. The largest absolute Gasteiger partial charge is 0.396 e. The van der Waals surface area contributed by atoms with E-state index in [1.165, 1.54) is 0 Å². The van der Waals surface area contributed by atoms with Crippen LogP contribution in [0, 0.1) is 0 Å². The van der Waals surface area contributed by atoms with Gasteiger partial charge < -0.3 is 5.73 Å². The van der Waals surface area contributed by atoms with Crippen molar-refractivity contribution in [2.45, 2.75) is 13.3 Å². The van der Waals surface area contributed by atoms with Gasteiger partial charge in [-0.2, -0.15) is 0 Å². The summed E-state index contributed by atoms with van der Waals surface area (Å²) < 4.78 is 1.14. The minimum Gasteiger partial charge on any atom is -0.396 e. The number of nitrogens with zero attached hydrogens (tertiary/aromatic N) is 3. The summed E-state index contributed by atoms with van der Waals surface area (Å²) in [7, 11) is 0. The molecule has 0 fully saturated rings. The molecule has 0 spiro atoms. The molecule has 3 aromatic heterocycles. The second-order valence-electron chi connectivity index (χ2n) is 3.98. The van der Waals surface area contributed by atoms with Crippen molar-refractivity contribution in [1.82, 2.24) is 15.0 Å². The molecule has 0 saturated heterocycles. The summed E-state index contributed by atoms with van der Waals surface area (Å²) in [5.74, 6) is 0.684. The van der Waals surface area contributed by atoms with Crippen LogP contribution in [0.1, 0.15) is 12.6 Å². The number of thiophene rings is 1. The van der Waals surface area contributed by atoms with E-state index in [0.717, 1.165) is 27.9 Å². The second-order valence-corrected chi connectivity index (χ2v) is 4.92. The number of aryl methyl sites for hydroxylation is 1. The minimum absolute atomic E-state index is 0.645. The average molecular weight is 256 g/mol. The number of anilines is 1. The van der Waals surface area contributed by atoms with Crippen LogP contribution in [-0.2, 0) is 6.42 Å². The highest BCUT2D eigenvalue weighted by Gasteiger charge is 2.07. The molecule has 4 nitrogen and oxygen atoms in total. The van der Waals surface area contributed by atoms with E-state index in [2.05, 4.69) is 21.0 Å². The van der Waals surface area contributed by atoms with Crippen molar-refractivity contribution in [2.75, 3.05) is 5.73 Å². The van der Waals surface area contributed by atoms with E-state index in [1.54, 1.807) is 23.7 Å². The van der Waals surface area contributed by atoms with Crippen molar-refractivity contribution in [2.24, 2.45) is 0 Å². The van der Waals surface area contributed by atoms with Crippen LogP contribution in [0.15, 0.2) is 29.9 Å². The third kappa shape index (κ3) is 1.82. The number of hydrogen-bond donors (Lipinski definition) is 1. The Balaban J connectivity index is 2.13. The molecule has 2 N–H and O–H groups in total. The first-order valence-corrected chi connectivity index (χ1v) is 6.61. The molecule has 5 heteroatoms. The first-order valence-electron chi connectivity index (χ1n) is 5.73. The van der Waals surface area contributed by atoms with Crippen LogP contribution in [0.25, 0.3) is 21.6 Å². The molecule has 0 bridgehead atoms. The number of nitrogen functional groups attached to an aromatic ring is 1. The maximum Gasteiger partial charge on any atom is 0.161 e. The molecule has 0 unspecified atom stereocenters. The summed E-state index contributed by atoms with van der Waals surface area (Å²) in [6.07, 6.45) is 4.27. The number of rotatable bonds is 2. The fraction of sp³-hybridized carbons (Fsp3) is 0.154. The zero-order valence-corrected chi connectivity index (χ0v) is 10.7. The van der Waals surface area contributed by atoms with Crippen molar-refractivity contribution in [3.05, 3.63) is 35.6 Å². The smallest absolute Gasteiger partial charge is 0.161 e. The fourth-order valence-electron chi connectivity index (χ4n) is 1.82. The van der Waals surface area contributed by atoms with E-state index in [1.807, 2.05) is 18.4 Å². The molecular weight excluding hydrogens is 244 g/mol. The highest BCUT2D eigenvalue weighted by Crippen LogP contribution is 2.24. The molecule has 3 heterocycles. The van der Waals surface area contributed by atoms with Gasteiger partial charge in [0.25, 0.3) is 0 Å². The molecule has 0 aliphatic heterocycles. The van der Waals surface area contributed by atoms with Gasteiger partial charge in [0, 0.05) is 11.8 Å². The predicted octanol–water partition coefficient (Wildman–Crippen LogP) is 2.90. The summed E-state index contributed by atoms with van der Waals surface area (Å²) in [6.45, 7) is 2.03. The first kappa shape index (κ1) is 11.1. The van der Waals surface area contributed by atoms with Crippen LogP contribution in [0.4, 0.5) is 5.69 Å². The predicted molar refractivity (Wildman–Crippen MR) is 74.4 cm³/mol. The van der Waals surface area contributed by atoms with E-state index < -0.39 is 0 Å². The molecule has 0 radical (unpaired) electrons. The Morgan fingerprint density at radius 1 is 1.28 bits per heavy atom. The van der Waals surface area contributed by atoms with Gasteiger partial charge in [-0.25, -0.2) is 9.97 Å². The number of nitrogens with two attached hydrogens (primary N) is 1. The standard InChI is InChI=1S/C13H12N4S/c1-2-10-9(14)7-16-13(17-10)8-5-12-11(15-6-8)3-4-18-12/h3-7H,2,14H2,1H3. The van der Waals surface area contributed by atoms with Crippen molar-refractivity contribution >= 4 is 27.2 Å². The Morgan fingerprint density at radius 2 is 2.17 bits per heavy atom. The van der Waals surface area contributed by atoms with Gasteiger partial charge in [0.15, 0.2) is 5.82 Å². The Labute approximate surface area is 109 Å². The zero-order valence-electron chi connectivity index (χ0n) is 9.92. The second kappa shape index (κ2) is 4.34. The average Bonchev–Trinajstić information content (AvgIpc) is 2.86. The maximum atomic E-state index is 5.81. The molecule has 18 heavy (non-hydrogen) atoms. The molecule has 3 aromatic rings.